The van der Waals surface area contributed by atoms with Gasteiger partial charge in [0.2, 0.25) is 0 Å². The monoisotopic (exact) mass is 515 g/mol. The Morgan fingerprint density at radius 1 is 0.974 bits per heavy atom. The van der Waals surface area contributed by atoms with E-state index in [2.05, 4.69) is 45.7 Å². The molecule has 5 rings (SSSR count). The molecule has 1 saturated carbocycles. The van der Waals surface area contributed by atoms with Crippen LogP contribution in [-0.2, 0) is 19.5 Å². The summed E-state index contributed by atoms with van der Waals surface area (Å²) in [4.78, 5) is 14.2. The average molecular weight is 516 g/mol. The summed E-state index contributed by atoms with van der Waals surface area (Å²) in [6.45, 7) is 3.06. The van der Waals surface area contributed by atoms with E-state index in [1.165, 1.54) is 5.56 Å². The highest BCUT2D eigenvalue weighted by Crippen LogP contribution is 2.32. The first-order valence-corrected chi connectivity index (χ1v) is 13.1. The SMILES string of the molecule is Cc1cccc(Cn2cc(CC(c3cn(Cc4cccc(O)c4)nn3)N(C(=O)O)C3CCCCC3)nn2)c1. The zero-order valence-corrected chi connectivity index (χ0v) is 21.5. The summed E-state index contributed by atoms with van der Waals surface area (Å²) in [7, 11) is 0. The summed E-state index contributed by atoms with van der Waals surface area (Å²) in [5, 5.41) is 37.5. The molecule has 10 heteroatoms. The summed E-state index contributed by atoms with van der Waals surface area (Å²) in [6, 6.07) is 14.6. The summed E-state index contributed by atoms with van der Waals surface area (Å²) in [5.74, 6) is 0.184. The molecule has 1 fully saturated rings. The van der Waals surface area contributed by atoms with Crippen LogP contribution in [0.4, 0.5) is 4.79 Å². The van der Waals surface area contributed by atoms with E-state index in [9.17, 15) is 15.0 Å². The maximum Gasteiger partial charge on any atom is 0.408 e. The molecule has 1 aliphatic rings. The molecular weight excluding hydrogens is 482 g/mol. The number of hydrogen-bond donors (Lipinski definition) is 2. The van der Waals surface area contributed by atoms with Crippen molar-refractivity contribution < 1.29 is 15.0 Å². The van der Waals surface area contributed by atoms with E-state index < -0.39 is 12.1 Å². The summed E-state index contributed by atoms with van der Waals surface area (Å²) in [6.07, 6.45) is 7.88. The fraction of sp³-hybridized carbons (Fsp3) is 0.393. The molecule has 4 aromatic rings. The second-order valence-corrected chi connectivity index (χ2v) is 10.1. The van der Waals surface area contributed by atoms with Crippen molar-refractivity contribution in [2.24, 2.45) is 0 Å². The first-order chi connectivity index (χ1) is 18.4. The number of aryl methyl sites for hydroxylation is 1. The van der Waals surface area contributed by atoms with E-state index in [1.54, 1.807) is 38.7 Å². The Balaban J connectivity index is 1.41. The Morgan fingerprint density at radius 2 is 1.66 bits per heavy atom. The highest BCUT2D eigenvalue weighted by Gasteiger charge is 2.35. The van der Waals surface area contributed by atoms with Gasteiger partial charge < -0.3 is 10.2 Å². The third-order valence-electron chi connectivity index (χ3n) is 7.09. The van der Waals surface area contributed by atoms with E-state index >= 15 is 0 Å². The van der Waals surface area contributed by atoms with Crippen LogP contribution >= 0.6 is 0 Å². The number of aromatic hydroxyl groups is 1. The van der Waals surface area contributed by atoms with Gasteiger partial charge in [-0.25, -0.2) is 14.2 Å². The zero-order chi connectivity index (χ0) is 26.5. The van der Waals surface area contributed by atoms with Crippen LogP contribution < -0.4 is 0 Å². The molecule has 2 aromatic heterocycles. The van der Waals surface area contributed by atoms with Crippen molar-refractivity contribution in [3.8, 4) is 5.75 Å². The van der Waals surface area contributed by atoms with Crippen molar-refractivity contribution >= 4 is 6.09 Å². The van der Waals surface area contributed by atoms with Gasteiger partial charge in [-0.3, -0.25) is 4.90 Å². The fourth-order valence-electron chi connectivity index (χ4n) is 5.34. The van der Waals surface area contributed by atoms with Crippen molar-refractivity contribution in [2.75, 3.05) is 0 Å². The lowest BCUT2D eigenvalue weighted by molar-refractivity contribution is 0.0814. The van der Waals surface area contributed by atoms with Crippen molar-refractivity contribution in [1.82, 2.24) is 34.9 Å². The number of rotatable bonds is 9. The second kappa shape index (κ2) is 11.5. The minimum Gasteiger partial charge on any atom is -0.508 e. The van der Waals surface area contributed by atoms with Gasteiger partial charge in [0.05, 0.1) is 31.0 Å². The van der Waals surface area contributed by atoms with E-state index in [0.29, 0.717) is 30.9 Å². The topological polar surface area (TPSA) is 122 Å². The van der Waals surface area contributed by atoms with Gasteiger partial charge in [0, 0.05) is 18.7 Å². The Morgan fingerprint density at radius 3 is 2.37 bits per heavy atom. The van der Waals surface area contributed by atoms with E-state index in [0.717, 1.165) is 43.2 Å². The minimum absolute atomic E-state index is 0.0789. The van der Waals surface area contributed by atoms with Crippen LogP contribution in [0.25, 0.3) is 0 Å². The molecule has 1 unspecified atom stereocenters. The third kappa shape index (κ3) is 6.19. The molecule has 10 nitrogen and oxygen atoms in total. The number of carbonyl (C=O) groups is 1. The zero-order valence-electron chi connectivity index (χ0n) is 21.5. The third-order valence-corrected chi connectivity index (χ3v) is 7.09. The van der Waals surface area contributed by atoms with E-state index in [4.69, 9.17) is 0 Å². The Labute approximate surface area is 221 Å². The summed E-state index contributed by atoms with van der Waals surface area (Å²) < 4.78 is 3.46. The predicted molar refractivity (Wildman–Crippen MR) is 141 cm³/mol. The quantitative estimate of drug-likeness (QED) is 0.335. The van der Waals surface area contributed by atoms with Crippen molar-refractivity contribution in [3.05, 3.63) is 89.0 Å². The van der Waals surface area contributed by atoms with Crippen molar-refractivity contribution in [3.63, 3.8) is 0 Å². The molecule has 1 atom stereocenters. The van der Waals surface area contributed by atoms with E-state index in [1.807, 2.05) is 18.3 Å². The highest BCUT2D eigenvalue weighted by atomic mass is 16.4. The molecule has 0 radical (unpaired) electrons. The Kier molecular flexibility index (Phi) is 7.67. The van der Waals surface area contributed by atoms with Crippen LogP contribution in [0, 0.1) is 6.92 Å². The second-order valence-electron chi connectivity index (χ2n) is 10.1. The molecule has 0 aliphatic heterocycles. The standard InChI is InChI=1S/C28H33N7O3/c1-20-7-5-8-21(13-20)16-33-18-23(29-31-33)15-27(35(28(37)38)24-10-3-2-4-11-24)26-19-34(32-30-26)17-22-9-6-12-25(36)14-22/h5-9,12-14,18-19,24,27,36H,2-4,10-11,15-17H2,1H3,(H,37,38). The lowest BCUT2D eigenvalue weighted by Crippen LogP contribution is -2.44. The molecule has 1 aliphatic carbocycles. The predicted octanol–water partition coefficient (Wildman–Crippen LogP) is 4.58. The fourth-order valence-corrected chi connectivity index (χ4v) is 5.34. The van der Waals surface area contributed by atoms with Crippen molar-refractivity contribution in [2.45, 2.75) is 70.6 Å². The lowest BCUT2D eigenvalue weighted by atomic mass is 9.92. The number of hydrogen-bond acceptors (Lipinski definition) is 6. The van der Waals surface area contributed by atoms with Gasteiger partial charge in [0.15, 0.2) is 0 Å². The van der Waals surface area contributed by atoms with Crippen LogP contribution in [0.2, 0.25) is 0 Å². The molecule has 198 valence electrons. The van der Waals surface area contributed by atoms with E-state index in [-0.39, 0.29) is 11.8 Å². The minimum atomic E-state index is -0.961. The number of nitrogens with zero attached hydrogens (tertiary/aromatic N) is 7. The van der Waals surface area contributed by atoms with Crippen LogP contribution in [0.1, 0.15) is 66.2 Å². The van der Waals surface area contributed by atoms with Crippen LogP contribution in [0.15, 0.2) is 60.9 Å². The normalized spacial score (nSPS) is 14.9. The molecule has 0 spiro atoms. The Hall–Kier alpha value is -4.21. The molecule has 38 heavy (non-hydrogen) atoms. The lowest BCUT2D eigenvalue weighted by Gasteiger charge is -2.37. The van der Waals surface area contributed by atoms with Gasteiger partial charge in [-0.05, 0) is 43.0 Å². The van der Waals surface area contributed by atoms with Crippen molar-refractivity contribution in [1.29, 1.82) is 0 Å². The first-order valence-electron chi connectivity index (χ1n) is 13.1. The summed E-state index contributed by atoms with van der Waals surface area (Å²) >= 11 is 0. The summed E-state index contributed by atoms with van der Waals surface area (Å²) in [5.41, 5.74) is 4.46. The maximum absolute atomic E-state index is 12.6. The first kappa shape index (κ1) is 25.4. The van der Waals surface area contributed by atoms with Gasteiger partial charge in [-0.15, -0.1) is 10.2 Å². The number of phenols is 1. The number of carboxylic acid groups (broad SMARTS) is 1. The van der Waals surface area contributed by atoms with Gasteiger partial charge in [-0.2, -0.15) is 0 Å². The van der Waals surface area contributed by atoms with Gasteiger partial charge in [-0.1, -0.05) is 71.7 Å². The van der Waals surface area contributed by atoms with Crippen LogP contribution in [-0.4, -0.2) is 57.2 Å². The molecular formula is C28H33N7O3. The highest BCUT2D eigenvalue weighted by molar-refractivity contribution is 5.66. The average Bonchev–Trinajstić information content (AvgIpc) is 3.53. The number of benzene rings is 2. The van der Waals surface area contributed by atoms with Crippen LogP contribution in [0.3, 0.4) is 0 Å². The van der Waals surface area contributed by atoms with Gasteiger partial charge in [0.1, 0.15) is 11.4 Å². The molecule has 1 amide bonds. The molecule has 2 aromatic carbocycles. The molecule has 2 heterocycles. The number of aromatic nitrogens is 6. The number of phenolic OH excluding ortho intramolecular Hbond substituents is 1. The smallest absolute Gasteiger partial charge is 0.408 e. The largest absolute Gasteiger partial charge is 0.508 e. The molecule has 2 N–H and O–H groups in total. The van der Waals surface area contributed by atoms with Crippen LogP contribution in [0.5, 0.6) is 5.75 Å². The maximum atomic E-state index is 12.6. The Bertz CT molecular complexity index is 1380. The van der Waals surface area contributed by atoms with Gasteiger partial charge in [0.25, 0.3) is 0 Å². The number of amides is 1. The molecule has 0 saturated heterocycles. The molecule has 0 bridgehead atoms. The van der Waals surface area contributed by atoms with Gasteiger partial charge >= 0.3 is 6.09 Å².